The van der Waals surface area contributed by atoms with Crippen molar-refractivity contribution in [2.24, 2.45) is 5.92 Å². The minimum absolute atomic E-state index is 0.264. The third-order valence-electron chi connectivity index (χ3n) is 3.50. The van der Waals surface area contributed by atoms with Crippen LogP contribution in [0.25, 0.3) is 0 Å². The molecule has 0 heterocycles. The van der Waals surface area contributed by atoms with Gasteiger partial charge < -0.3 is 15.4 Å². The molecular formula is C12H22N2O2. The van der Waals surface area contributed by atoms with E-state index in [1.807, 2.05) is 6.92 Å². The number of hydrogen-bond acceptors (Lipinski definition) is 3. The van der Waals surface area contributed by atoms with Crippen molar-refractivity contribution < 1.29 is 9.53 Å². The number of amides is 1. The van der Waals surface area contributed by atoms with Gasteiger partial charge in [0.1, 0.15) is 0 Å². The molecule has 1 atom stereocenters. The lowest BCUT2D eigenvalue weighted by Gasteiger charge is -2.29. The molecule has 4 heteroatoms. The van der Waals surface area contributed by atoms with Gasteiger partial charge in [0, 0.05) is 18.6 Å². The van der Waals surface area contributed by atoms with Crippen molar-refractivity contribution in [2.45, 2.75) is 51.1 Å². The molecule has 16 heavy (non-hydrogen) atoms. The SMILES string of the molecule is CCOC(=O)NC(CNC1CCC1)C1CC1. The minimum atomic E-state index is -0.269. The maximum absolute atomic E-state index is 11.4. The molecule has 0 aliphatic heterocycles. The number of nitrogens with one attached hydrogen (secondary N) is 2. The van der Waals surface area contributed by atoms with Crippen molar-refractivity contribution in [1.29, 1.82) is 0 Å². The van der Waals surface area contributed by atoms with Gasteiger partial charge in [0.2, 0.25) is 0 Å². The first-order chi connectivity index (χ1) is 7.79. The Bertz CT molecular complexity index is 237. The molecule has 2 aliphatic carbocycles. The van der Waals surface area contributed by atoms with E-state index in [1.54, 1.807) is 0 Å². The van der Waals surface area contributed by atoms with Crippen LogP contribution in [0.1, 0.15) is 39.0 Å². The fourth-order valence-electron chi connectivity index (χ4n) is 2.06. The molecule has 4 nitrogen and oxygen atoms in total. The van der Waals surface area contributed by atoms with Gasteiger partial charge in [-0.3, -0.25) is 0 Å². The molecule has 0 radical (unpaired) electrons. The maximum atomic E-state index is 11.4. The van der Waals surface area contributed by atoms with Crippen molar-refractivity contribution in [3.8, 4) is 0 Å². The fraction of sp³-hybridized carbons (Fsp3) is 0.917. The number of rotatable bonds is 6. The standard InChI is InChI=1S/C12H22N2O2/c1-2-16-12(15)14-11(9-6-7-9)8-13-10-4-3-5-10/h9-11,13H,2-8H2,1H3,(H,14,15). The average Bonchev–Trinajstić information content (AvgIpc) is 2.97. The number of alkyl carbamates (subject to hydrolysis) is 1. The number of carbonyl (C=O) groups excluding carboxylic acids is 1. The van der Waals surface area contributed by atoms with Crippen molar-refractivity contribution in [3.63, 3.8) is 0 Å². The molecule has 92 valence electrons. The van der Waals surface area contributed by atoms with E-state index in [4.69, 9.17) is 4.74 Å². The predicted molar refractivity (Wildman–Crippen MR) is 62.3 cm³/mol. The van der Waals surface area contributed by atoms with Crippen LogP contribution in [0.4, 0.5) is 4.79 Å². The van der Waals surface area contributed by atoms with Crippen LogP contribution in [0.2, 0.25) is 0 Å². The van der Waals surface area contributed by atoms with Crippen molar-refractivity contribution in [2.75, 3.05) is 13.2 Å². The molecule has 2 rings (SSSR count). The summed E-state index contributed by atoms with van der Waals surface area (Å²) in [6.07, 6.45) is 6.13. The van der Waals surface area contributed by atoms with Crippen LogP contribution in [-0.4, -0.2) is 31.3 Å². The third kappa shape index (κ3) is 3.37. The lowest BCUT2D eigenvalue weighted by Crippen LogP contribution is -2.47. The topological polar surface area (TPSA) is 50.4 Å². The van der Waals surface area contributed by atoms with Gasteiger partial charge in [-0.2, -0.15) is 0 Å². The van der Waals surface area contributed by atoms with Crippen LogP contribution < -0.4 is 10.6 Å². The van der Waals surface area contributed by atoms with Gasteiger partial charge >= 0.3 is 6.09 Å². The Balaban J connectivity index is 1.68. The monoisotopic (exact) mass is 226 g/mol. The van der Waals surface area contributed by atoms with E-state index in [9.17, 15) is 4.79 Å². The lowest BCUT2D eigenvalue weighted by atomic mass is 9.93. The molecule has 0 bridgehead atoms. The summed E-state index contributed by atoms with van der Waals surface area (Å²) in [6, 6.07) is 0.949. The van der Waals surface area contributed by atoms with Gasteiger partial charge in [-0.1, -0.05) is 6.42 Å². The molecular weight excluding hydrogens is 204 g/mol. The predicted octanol–water partition coefficient (Wildman–Crippen LogP) is 1.65. The lowest BCUT2D eigenvalue weighted by molar-refractivity contribution is 0.145. The summed E-state index contributed by atoms with van der Waals surface area (Å²) in [5.74, 6) is 0.664. The van der Waals surface area contributed by atoms with Gasteiger partial charge in [0.25, 0.3) is 0 Å². The zero-order valence-corrected chi connectivity index (χ0v) is 10.00. The Morgan fingerprint density at radius 2 is 2.12 bits per heavy atom. The summed E-state index contributed by atoms with van der Waals surface area (Å²) in [6.45, 7) is 3.17. The quantitative estimate of drug-likeness (QED) is 0.724. The fourth-order valence-corrected chi connectivity index (χ4v) is 2.06. The van der Waals surface area contributed by atoms with Crippen LogP contribution in [0, 0.1) is 5.92 Å². The van der Waals surface area contributed by atoms with Crippen LogP contribution in [0.3, 0.4) is 0 Å². The molecule has 2 saturated carbocycles. The van der Waals surface area contributed by atoms with Gasteiger partial charge in [0.05, 0.1) is 6.61 Å². The zero-order valence-electron chi connectivity index (χ0n) is 10.00. The number of ether oxygens (including phenoxy) is 1. The number of hydrogen-bond donors (Lipinski definition) is 2. The second kappa shape index (κ2) is 5.53. The van der Waals surface area contributed by atoms with E-state index in [0.717, 1.165) is 6.54 Å². The molecule has 0 aromatic rings. The van der Waals surface area contributed by atoms with E-state index in [2.05, 4.69) is 10.6 Å². The number of carbonyl (C=O) groups is 1. The molecule has 2 aliphatic rings. The highest BCUT2D eigenvalue weighted by Crippen LogP contribution is 2.32. The summed E-state index contributed by atoms with van der Waals surface area (Å²) >= 11 is 0. The summed E-state index contributed by atoms with van der Waals surface area (Å²) < 4.78 is 4.92. The highest BCUT2D eigenvalue weighted by atomic mass is 16.5. The molecule has 2 N–H and O–H groups in total. The summed E-state index contributed by atoms with van der Waals surface area (Å²) in [5.41, 5.74) is 0. The molecule has 0 saturated heterocycles. The Kier molecular flexibility index (Phi) is 4.04. The first-order valence-electron chi connectivity index (χ1n) is 6.46. The minimum Gasteiger partial charge on any atom is -0.450 e. The Morgan fingerprint density at radius 3 is 2.62 bits per heavy atom. The zero-order chi connectivity index (χ0) is 11.4. The molecule has 1 amide bonds. The van der Waals surface area contributed by atoms with Crippen molar-refractivity contribution >= 4 is 6.09 Å². The molecule has 0 aromatic carbocycles. The molecule has 1 unspecified atom stereocenters. The van der Waals surface area contributed by atoms with Crippen LogP contribution >= 0.6 is 0 Å². The largest absolute Gasteiger partial charge is 0.450 e. The van der Waals surface area contributed by atoms with E-state index in [0.29, 0.717) is 18.6 Å². The average molecular weight is 226 g/mol. The first kappa shape index (κ1) is 11.7. The molecule has 0 spiro atoms. The summed E-state index contributed by atoms with van der Waals surface area (Å²) in [5, 5.41) is 6.48. The summed E-state index contributed by atoms with van der Waals surface area (Å²) in [7, 11) is 0. The van der Waals surface area contributed by atoms with Gasteiger partial charge in [-0.15, -0.1) is 0 Å². The third-order valence-corrected chi connectivity index (χ3v) is 3.50. The van der Waals surface area contributed by atoms with Gasteiger partial charge in [-0.05, 0) is 38.5 Å². The highest BCUT2D eigenvalue weighted by Gasteiger charge is 2.33. The molecule has 2 fully saturated rings. The van der Waals surface area contributed by atoms with Crippen molar-refractivity contribution in [3.05, 3.63) is 0 Å². The van der Waals surface area contributed by atoms with Crippen molar-refractivity contribution in [1.82, 2.24) is 10.6 Å². The summed E-state index contributed by atoms with van der Waals surface area (Å²) in [4.78, 5) is 11.4. The smallest absolute Gasteiger partial charge is 0.407 e. The Labute approximate surface area is 97.1 Å². The second-order valence-electron chi connectivity index (χ2n) is 4.84. The van der Waals surface area contributed by atoms with E-state index >= 15 is 0 Å². The normalized spacial score (nSPS) is 22.3. The second-order valence-corrected chi connectivity index (χ2v) is 4.84. The van der Waals surface area contributed by atoms with E-state index < -0.39 is 0 Å². The van der Waals surface area contributed by atoms with E-state index in [1.165, 1.54) is 32.1 Å². The van der Waals surface area contributed by atoms with Crippen LogP contribution in [-0.2, 0) is 4.74 Å². The Hall–Kier alpha value is -0.770. The van der Waals surface area contributed by atoms with Crippen LogP contribution in [0.5, 0.6) is 0 Å². The first-order valence-corrected chi connectivity index (χ1v) is 6.46. The van der Waals surface area contributed by atoms with Gasteiger partial charge in [0.15, 0.2) is 0 Å². The Morgan fingerprint density at radius 1 is 1.38 bits per heavy atom. The van der Waals surface area contributed by atoms with E-state index in [-0.39, 0.29) is 12.1 Å². The maximum Gasteiger partial charge on any atom is 0.407 e. The highest BCUT2D eigenvalue weighted by molar-refractivity contribution is 5.67. The van der Waals surface area contributed by atoms with Gasteiger partial charge in [-0.25, -0.2) is 4.79 Å². The van der Waals surface area contributed by atoms with Crippen LogP contribution in [0.15, 0.2) is 0 Å². The molecule has 0 aromatic heterocycles.